The fraction of sp³-hybridized carbons (Fsp3) is 0.227. The summed E-state index contributed by atoms with van der Waals surface area (Å²) in [6, 6.07) is 14.5. The standard InChI is InChI=1S/C22H23N3O5S/c26-20(24-19(13-31)21(27)28)18(10-15-11-23-17-9-5-4-8-16(15)17)25-22(29)30-12-14-6-2-1-3-7-14/h1-9,11,18-19,23,31H,10,12-13H2,(H,24,26)(H,25,29)(H,27,28)/t18-,19-/m0/s1. The number of carboxylic acids is 1. The van der Waals surface area contributed by atoms with Crippen LogP contribution in [-0.2, 0) is 27.4 Å². The SMILES string of the molecule is O=C(N[C@@H](Cc1c[nH]c2ccccc12)C(=O)N[C@@H](CS)C(=O)O)OCc1ccccc1. The summed E-state index contributed by atoms with van der Waals surface area (Å²) in [5, 5.41) is 15.1. The number of carbonyl (C=O) groups excluding carboxylic acids is 2. The van der Waals surface area contributed by atoms with E-state index < -0.39 is 30.1 Å². The van der Waals surface area contributed by atoms with Gasteiger partial charge in [-0.15, -0.1) is 0 Å². The van der Waals surface area contributed by atoms with Crippen molar-refractivity contribution < 1.29 is 24.2 Å². The van der Waals surface area contributed by atoms with E-state index in [-0.39, 0.29) is 18.8 Å². The first-order valence-electron chi connectivity index (χ1n) is 9.64. The average Bonchev–Trinajstić information content (AvgIpc) is 3.19. The molecule has 0 bridgehead atoms. The number of para-hydroxylation sites is 1. The van der Waals surface area contributed by atoms with Crippen molar-refractivity contribution >= 4 is 41.5 Å². The molecule has 2 atom stereocenters. The normalized spacial score (nSPS) is 12.7. The molecule has 3 rings (SSSR count). The van der Waals surface area contributed by atoms with Gasteiger partial charge in [0.05, 0.1) is 0 Å². The molecule has 0 saturated carbocycles. The van der Waals surface area contributed by atoms with E-state index in [1.54, 1.807) is 6.20 Å². The number of fused-ring (bicyclic) bond motifs is 1. The predicted molar refractivity (Wildman–Crippen MR) is 119 cm³/mol. The molecule has 162 valence electrons. The molecule has 9 heteroatoms. The Morgan fingerprint density at radius 2 is 1.71 bits per heavy atom. The average molecular weight is 442 g/mol. The number of carbonyl (C=O) groups is 3. The Morgan fingerprint density at radius 1 is 1.00 bits per heavy atom. The monoisotopic (exact) mass is 441 g/mol. The van der Waals surface area contributed by atoms with Crippen molar-refractivity contribution in [2.75, 3.05) is 5.75 Å². The Morgan fingerprint density at radius 3 is 2.42 bits per heavy atom. The molecule has 31 heavy (non-hydrogen) atoms. The molecule has 0 fully saturated rings. The third-order valence-electron chi connectivity index (χ3n) is 4.72. The number of rotatable bonds is 9. The number of aromatic nitrogens is 1. The maximum Gasteiger partial charge on any atom is 0.408 e. The quantitative estimate of drug-likeness (QED) is 0.327. The van der Waals surface area contributed by atoms with Crippen LogP contribution in [0.2, 0.25) is 0 Å². The fourth-order valence-corrected chi connectivity index (χ4v) is 3.34. The summed E-state index contributed by atoms with van der Waals surface area (Å²) in [6.45, 7) is 0.0441. The minimum Gasteiger partial charge on any atom is -0.480 e. The number of nitrogens with one attached hydrogen (secondary N) is 3. The van der Waals surface area contributed by atoms with Crippen LogP contribution in [-0.4, -0.2) is 45.9 Å². The van der Waals surface area contributed by atoms with Gasteiger partial charge in [-0.3, -0.25) is 4.79 Å². The minimum atomic E-state index is -1.21. The van der Waals surface area contributed by atoms with Crippen molar-refractivity contribution in [1.29, 1.82) is 0 Å². The predicted octanol–water partition coefficient (Wildman–Crippen LogP) is 2.50. The van der Waals surface area contributed by atoms with Gasteiger partial charge in [-0.05, 0) is 17.2 Å². The Hall–Kier alpha value is -3.46. The van der Waals surface area contributed by atoms with Crippen molar-refractivity contribution in [2.45, 2.75) is 25.1 Å². The number of benzene rings is 2. The van der Waals surface area contributed by atoms with Crippen LogP contribution in [0.25, 0.3) is 10.9 Å². The number of aliphatic carboxylic acids is 1. The van der Waals surface area contributed by atoms with Crippen LogP contribution in [0.15, 0.2) is 60.8 Å². The number of thiol groups is 1. The molecule has 4 N–H and O–H groups in total. The van der Waals surface area contributed by atoms with Gasteiger partial charge in [0, 0.05) is 29.3 Å². The number of hydrogen-bond donors (Lipinski definition) is 5. The molecule has 0 radical (unpaired) electrons. The first-order chi connectivity index (χ1) is 15.0. The highest BCUT2D eigenvalue weighted by molar-refractivity contribution is 7.80. The van der Waals surface area contributed by atoms with Crippen molar-refractivity contribution in [3.8, 4) is 0 Å². The van der Waals surface area contributed by atoms with Crippen molar-refractivity contribution in [1.82, 2.24) is 15.6 Å². The Kier molecular flexibility index (Phi) is 7.55. The highest BCUT2D eigenvalue weighted by atomic mass is 32.1. The van der Waals surface area contributed by atoms with Crippen LogP contribution < -0.4 is 10.6 Å². The van der Waals surface area contributed by atoms with E-state index in [0.29, 0.717) is 0 Å². The van der Waals surface area contributed by atoms with Gasteiger partial charge in [0.2, 0.25) is 5.91 Å². The molecule has 0 saturated heterocycles. The highest BCUT2D eigenvalue weighted by Gasteiger charge is 2.27. The second-order valence-electron chi connectivity index (χ2n) is 6.90. The second kappa shape index (κ2) is 10.5. The first kappa shape index (κ1) is 22.2. The Balaban J connectivity index is 1.73. The zero-order valence-corrected chi connectivity index (χ0v) is 17.5. The molecule has 8 nitrogen and oxygen atoms in total. The number of hydrogen-bond acceptors (Lipinski definition) is 5. The van der Waals surface area contributed by atoms with Gasteiger partial charge in [0.1, 0.15) is 18.7 Å². The molecule has 0 aliphatic heterocycles. The molecule has 2 aromatic carbocycles. The van der Waals surface area contributed by atoms with Crippen LogP contribution in [0.3, 0.4) is 0 Å². The molecule has 0 aliphatic carbocycles. The summed E-state index contributed by atoms with van der Waals surface area (Å²) in [7, 11) is 0. The maximum atomic E-state index is 12.8. The van der Waals surface area contributed by atoms with Crippen molar-refractivity contribution in [3.05, 3.63) is 71.9 Å². The second-order valence-corrected chi connectivity index (χ2v) is 7.27. The molecule has 0 aliphatic rings. The zero-order valence-electron chi connectivity index (χ0n) is 16.6. The minimum absolute atomic E-state index is 0.0441. The zero-order chi connectivity index (χ0) is 22.2. The number of aromatic amines is 1. The summed E-state index contributed by atoms with van der Waals surface area (Å²) in [5.41, 5.74) is 2.50. The van der Waals surface area contributed by atoms with Crippen molar-refractivity contribution in [2.24, 2.45) is 0 Å². The lowest BCUT2D eigenvalue weighted by Gasteiger charge is -2.20. The Labute approximate surface area is 184 Å². The number of ether oxygens (including phenoxy) is 1. The Bertz CT molecular complexity index is 1050. The summed E-state index contributed by atoms with van der Waals surface area (Å²) in [4.78, 5) is 39.6. The molecular formula is C22H23N3O5S. The summed E-state index contributed by atoms with van der Waals surface area (Å²) >= 11 is 3.97. The van der Waals surface area contributed by atoms with Crippen LogP contribution in [0.5, 0.6) is 0 Å². The highest BCUT2D eigenvalue weighted by Crippen LogP contribution is 2.19. The van der Waals surface area contributed by atoms with Crippen LogP contribution >= 0.6 is 12.6 Å². The van der Waals surface area contributed by atoms with Gasteiger partial charge >= 0.3 is 12.1 Å². The summed E-state index contributed by atoms with van der Waals surface area (Å²) in [5.74, 6) is -1.93. The third kappa shape index (κ3) is 6.02. The maximum absolute atomic E-state index is 12.8. The van der Waals surface area contributed by atoms with Gasteiger partial charge in [-0.1, -0.05) is 48.5 Å². The van der Waals surface area contributed by atoms with E-state index in [4.69, 9.17) is 4.74 Å². The third-order valence-corrected chi connectivity index (χ3v) is 5.08. The fourth-order valence-electron chi connectivity index (χ4n) is 3.09. The molecule has 1 heterocycles. The summed E-state index contributed by atoms with van der Waals surface area (Å²) < 4.78 is 5.22. The van der Waals surface area contributed by atoms with E-state index >= 15 is 0 Å². The lowest BCUT2D eigenvalue weighted by molar-refractivity contribution is -0.141. The topological polar surface area (TPSA) is 121 Å². The van der Waals surface area contributed by atoms with E-state index in [2.05, 4.69) is 28.2 Å². The largest absolute Gasteiger partial charge is 0.480 e. The van der Waals surface area contributed by atoms with E-state index in [1.807, 2.05) is 54.6 Å². The molecule has 0 spiro atoms. The number of carboxylic acid groups (broad SMARTS) is 1. The van der Waals surface area contributed by atoms with Gasteiger partial charge < -0.3 is 25.5 Å². The molecule has 1 aromatic heterocycles. The lowest BCUT2D eigenvalue weighted by atomic mass is 10.0. The van der Waals surface area contributed by atoms with E-state index in [0.717, 1.165) is 22.0 Å². The first-order valence-corrected chi connectivity index (χ1v) is 10.3. The van der Waals surface area contributed by atoms with Gasteiger partial charge in [-0.2, -0.15) is 12.6 Å². The number of amides is 2. The van der Waals surface area contributed by atoms with Gasteiger partial charge in [0.25, 0.3) is 0 Å². The van der Waals surface area contributed by atoms with Gasteiger partial charge in [0.15, 0.2) is 0 Å². The van der Waals surface area contributed by atoms with Crippen LogP contribution in [0, 0.1) is 0 Å². The smallest absolute Gasteiger partial charge is 0.408 e. The molecular weight excluding hydrogens is 418 g/mol. The number of alkyl carbamates (subject to hydrolysis) is 1. The van der Waals surface area contributed by atoms with E-state index in [9.17, 15) is 19.5 Å². The molecule has 0 unspecified atom stereocenters. The van der Waals surface area contributed by atoms with Crippen LogP contribution in [0.1, 0.15) is 11.1 Å². The van der Waals surface area contributed by atoms with Gasteiger partial charge in [-0.25, -0.2) is 9.59 Å². The number of H-pyrrole nitrogens is 1. The van der Waals surface area contributed by atoms with Crippen molar-refractivity contribution in [3.63, 3.8) is 0 Å². The van der Waals surface area contributed by atoms with Crippen LogP contribution in [0.4, 0.5) is 4.79 Å². The lowest BCUT2D eigenvalue weighted by Crippen LogP contribution is -2.53. The molecule has 2 amide bonds. The molecule has 3 aromatic rings. The summed E-state index contributed by atoms with van der Waals surface area (Å²) in [6.07, 6.45) is 1.13. The van der Waals surface area contributed by atoms with E-state index in [1.165, 1.54) is 0 Å².